The van der Waals surface area contributed by atoms with Crippen molar-refractivity contribution in [3.05, 3.63) is 34.9 Å². The topological polar surface area (TPSA) is 55.5 Å². The number of carbonyl (C=O) groups is 1. The minimum atomic E-state index is -0.455. The van der Waals surface area contributed by atoms with Gasteiger partial charge in [0.2, 0.25) is 5.91 Å². The Labute approximate surface area is 93.4 Å². The summed E-state index contributed by atoms with van der Waals surface area (Å²) in [6, 6.07) is 7.24. The van der Waals surface area contributed by atoms with Crippen molar-refractivity contribution in [2.45, 2.75) is 0 Å². The molecule has 1 amide bonds. The largest absolute Gasteiger partial charge is 0.368 e. The SMILES string of the molecule is Cl.NC(=O)CN=Cc1ccccc1Cl. The van der Waals surface area contributed by atoms with Gasteiger partial charge in [-0.2, -0.15) is 0 Å². The fourth-order valence-corrected chi connectivity index (χ4v) is 0.998. The normalized spacial score (nSPS) is 9.79. The van der Waals surface area contributed by atoms with Crippen LogP contribution < -0.4 is 5.73 Å². The Bertz CT molecular complexity index is 339. The lowest BCUT2D eigenvalue weighted by Gasteiger charge is -1.94. The summed E-state index contributed by atoms with van der Waals surface area (Å²) in [6.07, 6.45) is 1.53. The average Bonchev–Trinajstić information content (AvgIpc) is 2.08. The standard InChI is InChI=1S/C9H9ClN2O.ClH/c10-8-4-2-1-3-7(8)5-12-6-9(11)13;/h1-5H,6H2,(H2,11,13);1H. The number of primary amides is 1. The van der Waals surface area contributed by atoms with E-state index in [2.05, 4.69) is 4.99 Å². The monoisotopic (exact) mass is 232 g/mol. The maximum absolute atomic E-state index is 10.3. The summed E-state index contributed by atoms with van der Waals surface area (Å²) in [4.78, 5) is 14.2. The Hall–Kier alpha value is -1.06. The van der Waals surface area contributed by atoms with Crippen LogP contribution in [0.3, 0.4) is 0 Å². The molecule has 3 nitrogen and oxygen atoms in total. The van der Waals surface area contributed by atoms with E-state index in [4.69, 9.17) is 17.3 Å². The van der Waals surface area contributed by atoms with E-state index in [1.54, 1.807) is 6.07 Å². The lowest BCUT2D eigenvalue weighted by molar-refractivity contribution is -0.116. The highest BCUT2D eigenvalue weighted by atomic mass is 35.5. The Morgan fingerprint density at radius 1 is 1.50 bits per heavy atom. The third-order valence-electron chi connectivity index (χ3n) is 1.38. The number of nitrogens with zero attached hydrogens (tertiary/aromatic N) is 1. The van der Waals surface area contributed by atoms with Crippen molar-refractivity contribution >= 4 is 36.1 Å². The first-order chi connectivity index (χ1) is 6.20. The van der Waals surface area contributed by atoms with Gasteiger partial charge in [0.25, 0.3) is 0 Å². The molecule has 0 saturated heterocycles. The lowest BCUT2D eigenvalue weighted by Crippen LogP contribution is -2.14. The van der Waals surface area contributed by atoms with Gasteiger partial charge in [-0.15, -0.1) is 12.4 Å². The maximum Gasteiger partial charge on any atom is 0.239 e. The van der Waals surface area contributed by atoms with Crippen molar-refractivity contribution in [2.24, 2.45) is 10.7 Å². The Balaban J connectivity index is 0.00000169. The molecule has 76 valence electrons. The molecule has 0 saturated carbocycles. The van der Waals surface area contributed by atoms with Crippen molar-refractivity contribution in [1.82, 2.24) is 0 Å². The van der Waals surface area contributed by atoms with Crippen LogP contribution in [0, 0.1) is 0 Å². The zero-order valence-corrected chi connectivity index (χ0v) is 8.89. The van der Waals surface area contributed by atoms with E-state index >= 15 is 0 Å². The first-order valence-electron chi connectivity index (χ1n) is 3.73. The van der Waals surface area contributed by atoms with Crippen LogP contribution in [0.4, 0.5) is 0 Å². The van der Waals surface area contributed by atoms with Gasteiger partial charge in [0.05, 0.1) is 0 Å². The summed E-state index contributed by atoms with van der Waals surface area (Å²) in [7, 11) is 0. The van der Waals surface area contributed by atoms with Gasteiger partial charge >= 0.3 is 0 Å². The number of hydrogen-bond acceptors (Lipinski definition) is 2. The molecule has 0 atom stereocenters. The molecule has 0 aliphatic heterocycles. The number of nitrogens with two attached hydrogens (primary N) is 1. The zero-order valence-electron chi connectivity index (χ0n) is 7.31. The molecule has 1 rings (SSSR count). The fraction of sp³-hybridized carbons (Fsp3) is 0.111. The van der Waals surface area contributed by atoms with Gasteiger partial charge in [-0.1, -0.05) is 29.8 Å². The summed E-state index contributed by atoms with van der Waals surface area (Å²) in [6.45, 7) is -0.00871. The van der Waals surface area contributed by atoms with Crippen molar-refractivity contribution in [3.63, 3.8) is 0 Å². The molecular formula is C9H10Cl2N2O. The second kappa shape index (κ2) is 6.40. The Kier molecular flexibility index (Phi) is 5.92. The number of carbonyl (C=O) groups excluding carboxylic acids is 1. The molecule has 0 radical (unpaired) electrons. The molecule has 1 aromatic rings. The van der Waals surface area contributed by atoms with Crippen LogP contribution in [0.1, 0.15) is 5.56 Å². The van der Waals surface area contributed by atoms with Crippen LogP contribution in [0.5, 0.6) is 0 Å². The third-order valence-corrected chi connectivity index (χ3v) is 1.73. The molecule has 0 aliphatic carbocycles. The first-order valence-corrected chi connectivity index (χ1v) is 4.10. The van der Waals surface area contributed by atoms with E-state index in [0.717, 1.165) is 5.56 Å². The fourth-order valence-electron chi connectivity index (χ4n) is 0.814. The minimum Gasteiger partial charge on any atom is -0.368 e. The molecule has 14 heavy (non-hydrogen) atoms. The molecular weight excluding hydrogens is 223 g/mol. The lowest BCUT2D eigenvalue weighted by atomic mass is 10.2. The zero-order chi connectivity index (χ0) is 9.68. The average molecular weight is 233 g/mol. The molecule has 2 N–H and O–H groups in total. The van der Waals surface area contributed by atoms with Crippen LogP contribution in [0.25, 0.3) is 0 Å². The Morgan fingerprint density at radius 2 is 2.14 bits per heavy atom. The molecule has 5 heteroatoms. The number of aliphatic imine (C=N–C) groups is 1. The maximum atomic E-state index is 10.3. The highest BCUT2D eigenvalue weighted by Crippen LogP contribution is 2.11. The van der Waals surface area contributed by atoms with Crippen molar-refractivity contribution < 1.29 is 4.79 Å². The summed E-state index contributed by atoms with van der Waals surface area (Å²) in [5, 5.41) is 0.607. The van der Waals surface area contributed by atoms with Gasteiger partial charge < -0.3 is 5.73 Å². The van der Waals surface area contributed by atoms with E-state index in [1.807, 2.05) is 18.2 Å². The molecule has 0 aliphatic rings. The summed E-state index contributed by atoms with van der Waals surface area (Å²) < 4.78 is 0. The third kappa shape index (κ3) is 4.25. The molecule has 1 aromatic carbocycles. The molecule has 0 fully saturated rings. The van der Waals surface area contributed by atoms with E-state index in [-0.39, 0.29) is 19.0 Å². The predicted octanol–water partition coefficient (Wildman–Crippen LogP) is 1.67. The Morgan fingerprint density at radius 3 is 2.71 bits per heavy atom. The summed E-state index contributed by atoms with van der Waals surface area (Å²) >= 11 is 5.83. The van der Waals surface area contributed by atoms with E-state index in [0.29, 0.717) is 5.02 Å². The summed E-state index contributed by atoms with van der Waals surface area (Å²) in [5.41, 5.74) is 5.69. The van der Waals surface area contributed by atoms with Gasteiger partial charge in [-0.3, -0.25) is 9.79 Å². The van der Waals surface area contributed by atoms with Gasteiger partial charge in [-0.05, 0) is 6.07 Å². The summed E-state index contributed by atoms with van der Waals surface area (Å²) in [5.74, 6) is -0.455. The number of halogens is 2. The molecule has 0 heterocycles. The van der Waals surface area contributed by atoms with Gasteiger partial charge in [0.1, 0.15) is 6.54 Å². The van der Waals surface area contributed by atoms with Crippen LogP contribution in [-0.2, 0) is 4.79 Å². The highest BCUT2D eigenvalue weighted by molar-refractivity contribution is 6.33. The molecule has 0 bridgehead atoms. The second-order valence-corrected chi connectivity index (χ2v) is 2.86. The smallest absolute Gasteiger partial charge is 0.239 e. The van der Waals surface area contributed by atoms with Crippen molar-refractivity contribution in [1.29, 1.82) is 0 Å². The number of rotatable bonds is 3. The number of hydrogen-bond donors (Lipinski definition) is 1. The van der Waals surface area contributed by atoms with Crippen molar-refractivity contribution in [3.8, 4) is 0 Å². The van der Waals surface area contributed by atoms with E-state index in [9.17, 15) is 4.79 Å². The molecule has 0 unspecified atom stereocenters. The van der Waals surface area contributed by atoms with Gasteiger partial charge in [-0.25, -0.2) is 0 Å². The highest BCUT2D eigenvalue weighted by Gasteiger charge is 1.94. The van der Waals surface area contributed by atoms with Crippen LogP contribution in [0.15, 0.2) is 29.3 Å². The first kappa shape index (κ1) is 12.9. The van der Waals surface area contributed by atoms with Gasteiger partial charge in [0.15, 0.2) is 0 Å². The van der Waals surface area contributed by atoms with Crippen LogP contribution in [-0.4, -0.2) is 18.7 Å². The van der Waals surface area contributed by atoms with E-state index < -0.39 is 5.91 Å². The van der Waals surface area contributed by atoms with Crippen molar-refractivity contribution in [2.75, 3.05) is 6.54 Å². The van der Waals surface area contributed by atoms with Gasteiger partial charge in [0, 0.05) is 16.8 Å². The number of amides is 1. The molecule has 0 spiro atoms. The van der Waals surface area contributed by atoms with E-state index in [1.165, 1.54) is 6.21 Å². The second-order valence-electron chi connectivity index (χ2n) is 2.46. The number of benzene rings is 1. The van der Waals surface area contributed by atoms with Crippen LogP contribution >= 0.6 is 24.0 Å². The molecule has 0 aromatic heterocycles. The van der Waals surface area contributed by atoms with Crippen LogP contribution in [0.2, 0.25) is 5.02 Å². The minimum absolute atomic E-state index is 0. The quantitative estimate of drug-likeness (QED) is 0.793. The predicted molar refractivity (Wildman–Crippen MR) is 60.4 cm³/mol.